The van der Waals surface area contributed by atoms with Crippen LogP contribution < -0.4 is 11.1 Å². The number of benzene rings is 1. The molecule has 2 aromatic rings. The average Bonchev–Trinajstić information content (AvgIpc) is 2.42. The second kappa shape index (κ2) is 5.39. The SMILES string of the molecule is Nc1ccc(F)cc1NC(=O)c1ccc(C(F)(F)F)cn1. The van der Waals surface area contributed by atoms with Gasteiger partial charge in [-0.1, -0.05) is 0 Å². The zero-order valence-corrected chi connectivity index (χ0v) is 10.4. The summed E-state index contributed by atoms with van der Waals surface area (Å²) in [6.07, 6.45) is -3.99. The Kier molecular flexibility index (Phi) is 3.79. The van der Waals surface area contributed by atoms with Crippen LogP contribution >= 0.6 is 0 Å². The summed E-state index contributed by atoms with van der Waals surface area (Å²) in [5.74, 6) is -1.40. The predicted octanol–water partition coefficient (Wildman–Crippen LogP) is 3.07. The van der Waals surface area contributed by atoms with Crippen molar-refractivity contribution in [1.29, 1.82) is 0 Å². The molecular weight excluding hydrogens is 290 g/mol. The van der Waals surface area contributed by atoms with Gasteiger partial charge in [-0.2, -0.15) is 13.2 Å². The Morgan fingerprint density at radius 2 is 1.90 bits per heavy atom. The lowest BCUT2D eigenvalue weighted by Crippen LogP contribution is -2.16. The van der Waals surface area contributed by atoms with Crippen molar-refractivity contribution in [3.8, 4) is 0 Å². The Hall–Kier alpha value is -2.64. The molecule has 0 aliphatic carbocycles. The number of amides is 1. The minimum atomic E-state index is -4.53. The minimum absolute atomic E-state index is 0.0155. The van der Waals surface area contributed by atoms with Gasteiger partial charge in [0.2, 0.25) is 0 Å². The van der Waals surface area contributed by atoms with E-state index in [-0.39, 0.29) is 17.1 Å². The first-order valence-corrected chi connectivity index (χ1v) is 5.67. The fourth-order valence-electron chi connectivity index (χ4n) is 1.52. The van der Waals surface area contributed by atoms with Crippen molar-refractivity contribution in [1.82, 2.24) is 4.98 Å². The van der Waals surface area contributed by atoms with Gasteiger partial charge in [0.05, 0.1) is 16.9 Å². The second-order valence-corrected chi connectivity index (χ2v) is 4.12. The molecule has 8 heteroatoms. The van der Waals surface area contributed by atoms with Crippen molar-refractivity contribution in [2.45, 2.75) is 6.18 Å². The molecular formula is C13H9F4N3O. The third-order valence-corrected chi connectivity index (χ3v) is 2.59. The third kappa shape index (κ3) is 3.47. The van der Waals surface area contributed by atoms with Gasteiger partial charge in [0, 0.05) is 6.20 Å². The van der Waals surface area contributed by atoms with Gasteiger partial charge in [-0.05, 0) is 30.3 Å². The lowest BCUT2D eigenvalue weighted by Gasteiger charge is -2.09. The largest absolute Gasteiger partial charge is 0.417 e. The number of rotatable bonds is 2. The molecule has 1 amide bonds. The van der Waals surface area contributed by atoms with Gasteiger partial charge in [-0.25, -0.2) is 4.39 Å². The van der Waals surface area contributed by atoms with Gasteiger partial charge >= 0.3 is 6.18 Å². The number of aromatic nitrogens is 1. The summed E-state index contributed by atoms with van der Waals surface area (Å²) in [5.41, 5.74) is 4.47. The first kappa shape index (κ1) is 14.8. The van der Waals surface area contributed by atoms with Crippen LogP contribution in [0.4, 0.5) is 28.9 Å². The summed E-state index contributed by atoms with van der Waals surface area (Å²) < 4.78 is 50.1. The van der Waals surface area contributed by atoms with Crippen LogP contribution in [0.3, 0.4) is 0 Å². The molecule has 2 rings (SSSR count). The highest BCUT2D eigenvalue weighted by Crippen LogP contribution is 2.28. The monoisotopic (exact) mass is 299 g/mol. The lowest BCUT2D eigenvalue weighted by molar-refractivity contribution is -0.137. The Balaban J connectivity index is 2.19. The molecule has 3 N–H and O–H groups in total. The molecule has 21 heavy (non-hydrogen) atoms. The molecule has 0 atom stereocenters. The number of nitrogens with one attached hydrogen (secondary N) is 1. The van der Waals surface area contributed by atoms with Crippen molar-refractivity contribution in [3.05, 3.63) is 53.6 Å². The number of carbonyl (C=O) groups excluding carboxylic acids is 1. The maximum atomic E-state index is 13.0. The highest BCUT2D eigenvalue weighted by molar-refractivity contribution is 6.04. The van der Waals surface area contributed by atoms with Gasteiger partial charge in [0.1, 0.15) is 11.5 Å². The zero-order valence-electron chi connectivity index (χ0n) is 10.4. The van der Waals surface area contributed by atoms with E-state index in [1.54, 1.807) is 0 Å². The van der Waals surface area contributed by atoms with Crippen LogP contribution in [0.2, 0.25) is 0 Å². The molecule has 0 saturated carbocycles. The zero-order chi connectivity index (χ0) is 15.6. The average molecular weight is 299 g/mol. The van der Waals surface area contributed by atoms with E-state index in [0.29, 0.717) is 6.20 Å². The summed E-state index contributed by atoms with van der Waals surface area (Å²) in [5, 5.41) is 2.28. The fourth-order valence-corrected chi connectivity index (χ4v) is 1.52. The summed E-state index contributed by atoms with van der Waals surface area (Å²) in [4.78, 5) is 15.2. The Bertz CT molecular complexity index is 668. The van der Waals surface area contributed by atoms with Crippen LogP contribution in [0.15, 0.2) is 36.5 Å². The van der Waals surface area contributed by atoms with Gasteiger partial charge in [-0.15, -0.1) is 0 Å². The number of nitrogen functional groups attached to an aromatic ring is 1. The Morgan fingerprint density at radius 1 is 1.19 bits per heavy atom. The predicted molar refractivity (Wildman–Crippen MR) is 68.0 cm³/mol. The molecule has 1 aromatic carbocycles. The van der Waals surface area contributed by atoms with Crippen LogP contribution in [-0.2, 0) is 6.18 Å². The van der Waals surface area contributed by atoms with E-state index in [4.69, 9.17) is 5.73 Å². The molecule has 0 aliphatic rings. The molecule has 0 bridgehead atoms. The number of nitrogens with two attached hydrogens (primary N) is 1. The number of anilines is 2. The number of halogens is 4. The van der Waals surface area contributed by atoms with Crippen LogP contribution in [0, 0.1) is 5.82 Å². The van der Waals surface area contributed by atoms with E-state index < -0.39 is 23.5 Å². The van der Waals surface area contributed by atoms with E-state index >= 15 is 0 Å². The van der Waals surface area contributed by atoms with Crippen molar-refractivity contribution >= 4 is 17.3 Å². The van der Waals surface area contributed by atoms with Crippen LogP contribution in [-0.4, -0.2) is 10.9 Å². The molecule has 0 spiro atoms. The number of nitrogens with zero attached hydrogens (tertiary/aromatic N) is 1. The number of hydrogen-bond donors (Lipinski definition) is 2. The van der Waals surface area contributed by atoms with Crippen molar-refractivity contribution < 1.29 is 22.4 Å². The number of alkyl halides is 3. The number of carbonyl (C=O) groups is 1. The molecule has 4 nitrogen and oxygen atoms in total. The van der Waals surface area contributed by atoms with E-state index in [9.17, 15) is 22.4 Å². The third-order valence-electron chi connectivity index (χ3n) is 2.59. The molecule has 0 radical (unpaired) electrons. The van der Waals surface area contributed by atoms with E-state index in [2.05, 4.69) is 10.3 Å². The number of hydrogen-bond acceptors (Lipinski definition) is 3. The van der Waals surface area contributed by atoms with Crippen molar-refractivity contribution in [2.75, 3.05) is 11.1 Å². The standard InChI is InChI=1S/C13H9F4N3O/c14-8-2-3-9(18)11(5-8)20-12(21)10-4-1-7(6-19-10)13(15,16)17/h1-6H,18H2,(H,20,21). The molecule has 0 saturated heterocycles. The summed E-state index contributed by atoms with van der Waals surface area (Å²) in [7, 11) is 0. The normalized spacial score (nSPS) is 11.2. The van der Waals surface area contributed by atoms with Crippen LogP contribution in [0.25, 0.3) is 0 Å². The molecule has 110 valence electrons. The highest BCUT2D eigenvalue weighted by atomic mass is 19.4. The molecule has 1 heterocycles. The van der Waals surface area contributed by atoms with E-state index in [0.717, 1.165) is 24.3 Å². The Labute approximate surface area is 116 Å². The first-order valence-electron chi connectivity index (χ1n) is 5.67. The quantitative estimate of drug-likeness (QED) is 0.661. The minimum Gasteiger partial charge on any atom is -0.397 e. The van der Waals surface area contributed by atoms with Gasteiger partial charge in [-0.3, -0.25) is 9.78 Å². The molecule has 0 fully saturated rings. The smallest absolute Gasteiger partial charge is 0.397 e. The van der Waals surface area contributed by atoms with Crippen molar-refractivity contribution in [3.63, 3.8) is 0 Å². The van der Waals surface area contributed by atoms with Crippen LogP contribution in [0.1, 0.15) is 16.1 Å². The van der Waals surface area contributed by atoms with E-state index in [1.807, 2.05) is 0 Å². The fraction of sp³-hybridized carbons (Fsp3) is 0.0769. The number of pyridine rings is 1. The van der Waals surface area contributed by atoms with E-state index in [1.165, 1.54) is 6.07 Å². The topological polar surface area (TPSA) is 68.0 Å². The maximum Gasteiger partial charge on any atom is 0.417 e. The molecule has 0 unspecified atom stereocenters. The van der Waals surface area contributed by atoms with Gasteiger partial charge in [0.15, 0.2) is 0 Å². The van der Waals surface area contributed by atoms with Crippen LogP contribution in [0.5, 0.6) is 0 Å². The first-order chi connectivity index (χ1) is 9.77. The lowest BCUT2D eigenvalue weighted by atomic mass is 10.2. The molecule has 0 aliphatic heterocycles. The van der Waals surface area contributed by atoms with Gasteiger partial charge < -0.3 is 11.1 Å². The summed E-state index contributed by atoms with van der Waals surface area (Å²) in [6.45, 7) is 0. The molecule has 1 aromatic heterocycles. The summed E-state index contributed by atoms with van der Waals surface area (Å²) in [6, 6.07) is 5.02. The highest BCUT2D eigenvalue weighted by Gasteiger charge is 2.30. The van der Waals surface area contributed by atoms with Crippen molar-refractivity contribution in [2.24, 2.45) is 0 Å². The summed E-state index contributed by atoms with van der Waals surface area (Å²) >= 11 is 0. The second-order valence-electron chi connectivity index (χ2n) is 4.12. The Morgan fingerprint density at radius 3 is 2.48 bits per heavy atom. The van der Waals surface area contributed by atoms with Gasteiger partial charge in [0.25, 0.3) is 5.91 Å². The maximum absolute atomic E-state index is 13.0.